The van der Waals surface area contributed by atoms with Crippen molar-refractivity contribution >= 4 is 33.5 Å². The highest BCUT2D eigenvalue weighted by Gasteiger charge is 2.29. The number of halogens is 2. The average Bonchev–Trinajstić information content (AvgIpc) is 3.33. The molecule has 0 aliphatic carbocycles. The first kappa shape index (κ1) is 18.3. The van der Waals surface area contributed by atoms with E-state index in [2.05, 4.69) is 36.5 Å². The highest BCUT2D eigenvalue weighted by Crippen LogP contribution is 2.20. The summed E-state index contributed by atoms with van der Waals surface area (Å²) in [5.41, 5.74) is 2.47. The van der Waals surface area contributed by atoms with Gasteiger partial charge >= 0.3 is 0 Å². The van der Waals surface area contributed by atoms with Gasteiger partial charge in [-0.05, 0) is 29.8 Å². The second-order valence-electron chi connectivity index (χ2n) is 6.23. The van der Waals surface area contributed by atoms with Gasteiger partial charge in [0.2, 0.25) is 12.1 Å². The van der Waals surface area contributed by atoms with Gasteiger partial charge in [0.1, 0.15) is 12.1 Å². The fourth-order valence-corrected chi connectivity index (χ4v) is 3.15. The Morgan fingerprint density at radius 2 is 2.11 bits per heavy atom. The summed E-state index contributed by atoms with van der Waals surface area (Å²) in [4.78, 5) is 21.8. The predicted octanol–water partition coefficient (Wildman–Crippen LogP) is 3.36. The molecule has 1 aliphatic heterocycles. The summed E-state index contributed by atoms with van der Waals surface area (Å²) in [6, 6.07) is 13.7. The maximum atomic E-state index is 13.0. The molecule has 0 saturated carbocycles. The van der Waals surface area contributed by atoms with E-state index >= 15 is 0 Å². The van der Waals surface area contributed by atoms with E-state index in [1.54, 1.807) is 16.8 Å². The number of rotatable bonds is 5. The van der Waals surface area contributed by atoms with Crippen LogP contribution in [0.25, 0.3) is 0 Å². The molecule has 1 aromatic heterocycles. The summed E-state index contributed by atoms with van der Waals surface area (Å²) in [7, 11) is 0. The molecule has 0 spiro atoms. The standard InChI is InChI=1S/C19H15BrFN5O2/c20-14-3-1-2-13(8-14)16-9-17(28-25-16)18(27)23-19-22-11-26(24-19)10-12-4-6-15(21)7-5-12/h1-8,11,17H,9-10H2,(H,23,24,27). The van der Waals surface area contributed by atoms with Crippen molar-refractivity contribution in [2.24, 2.45) is 5.16 Å². The van der Waals surface area contributed by atoms with Gasteiger partial charge in [0.15, 0.2) is 0 Å². The van der Waals surface area contributed by atoms with E-state index in [4.69, 9.17) is 4.84 Å². The minimum absolute atomic E-state index is 0.173. The summed E-state index contributed by atoms with van der Waals surface area (Å²) in [6.45, 7) is 0.416. The third kappa shape index (κ3) is 4.25. The zero-order valence-corrected chi connectivity index (χ0v) is 16.1. The van der Waals surface area contributed by atoms with Crippen LogP contribution in [0.2, 0.25) is 0 Å². The number of hydrogen-bond donors (Lipinski definition) is 1. The Morgan fingerprint density at radius 3 is 2.89 bits per heavy atom. The number of nitrogens with zero attached hydrogens (tertiary/aromatic N) is 4. The average molecular weight is 444 g/mol. The molecule has 28 heavy (non-hydrogen) atoms. The number of carbonyl (C=O) groups is 1. The second-order valence-corrected chi connectivity index (χ2v) is 7.14. The lowest BCUT2D eigenvalue weighted by atomic mass is 10.0. The number of anilines is 1. The van der Waals surface area contributed by atoms with Crippen LogP contribution in [-0.4, -0.2) is 32.5 Å². The highest BCUT2D eigenvalue weighted by molar-refractivity contribution is 9.10. The van der Waals surface area contributed by atoms with E-state index < -0.39 is 6.10 Å². The Morgan fingerprint density at radius 1 is 1.29 bits per heavy atom. The largest absolute Gasteiger partial charge is 0.382 e. The first-order valence-corrected chi connectivity index (χ1v) is 9.29. The molecular formula is C19H15BrFN5O2. The zero-order chi connectivity index (χ0) is 19.5. The van der Waals surface area contributed by atoms with E-state index in [0.717, 1.165) is 15.6 Å². The van der Waals surface area contributed by atoms with Crippen LogP contribution < -0.4 is 5.32 Å². The van der Waals surface area contributed by atoms with Crippen LogP contribution >= 0.6 is 15.9 Å². The Labute approximate surface area is 168 Å². The Balaban J connectivity index is 1.34. The maximum absolute atomic E-state index is 13.0. The van der Waals surface area contributed by atoms with Gasteiger partial charge in [0.05, 0.1) is 12.3 Å². The van der Waals surface area contributed by atoms with Crippen LogP contribution in [0.1, 0.15) is 17.5 Å². The maximum Gasteiger partial charge on any atom is 0.271 e. The van der Waals surface area contributed by atoms with E-state index in [1.165, 1.54) is 18.5 Å². The van der Waals surface area contributed by atoms with Crippen LogP contribution in [-0.2, 0) is 16.2 Å². The molecule has 142 valence electrons. The Kier molecular flexibility index (Phi) is 5.16. The molecule has 1 atom stereocenters. The zero-order valence-electron chi connectivity index (χ0n) is 14.5. The molecule has 7 nitrogen and oxygen atoms in total. The molecule has 3 aromatic rings. The quantitative estimate of drug-likeness (QED) is 0.655. The molecule has 1 amide bonds. The molecule has 1 unspecified atom stereocenters. The highest BCUT2D eigenvalue weighted by atomic mass is 79.9. The number of carbonyl (C=O) groups excluding carboxylic acids is 1. The first-order chi connectivity index (χ1) is 13.6. The van der Waals surface area contributed by atoms with E-state index in [9.17, 15) is 9.18 Å². The lowest BCUT2D eigenvalue weighted by Crippen LogP contribution is -2.28. The molecule has 1 aliphatic rings. The predicted molar refractivity (Wildman–Crippen MR) is 104 cm³/mol. The summed E-state index contributed by atoms with van der Waals surface area (Å²) >= 11 is 3.41. The summed E-state index contributed by atoms with van der Waals surface area (Å²) in [5, 5.41) is 10.9. The Hall–Kier alpha value is -3.07. The molecule has 9 heteroatoms. The first-order valence-electron chi connectivity index (χ1n) is 8.50. The molecule has 0 radical (unpaired) electrons. The molecule has 0 fully saturated rings. The van der Waals surface area contributed by atoms with Crippen LogP contribution in [0.3, 0.4) is 0 Å². The molecule has 2 heterocycles. The van der Waals surface area contributed by atoms with Crippen molar-refractivity contribution in [1.82, 2.24) is 14.8 Å². The SMILES string of the molecule is O=C(Nc1ncn(Cc2ccc(F)cc2)n1)C1CC(c2cccc(Br)c2)=NO1. The van der Waals surface area contributed by atoms with E-state index in [1.807, 2.05) is 24.3 Å². The molecule has 4 rings (SSSR count). The lowest BCUT2D eigenvalue weighted by molar-refractivity contribution is -0.125. The fourth-order valence-electron chi connectivity index (χ4n) is 2.75. The summed E-state index contributed by atoms with van der Waals surface area (Å²) < 4.78 is 15.5. The molecule has 1 N–H and O–H groups in total. The third-order valence-corrected chi connectivity index (χ3v) is 4.64. The minimum atomic E-state index is -0.738. The summed E-state index contributed by atoms with van der Waals surface area (Å²) in [5.74, 6) is -0.490. The number of aromatic nitrogens is 3. The molecule has 2 aromatic carbocycles. The van der Waals surface area contributed by atoms with Gasteiger partial charge in [0, 0.05) is 16.5 Å². The number of hydrogen-bond acceptors (Lipinski definition) is 5. The summed E-state index contributed by atoms with van der Waals surface area (Å²) in [6.07, 6.45) is 1.12. The van der Waals surface area contributed by atoms with Crippen molar-refractivity contribution in [1.29, 1.82) is 0 Å². The molecular weight excluding hydrogens is 429 g/mol. The lowest BCUT2D eigenvalue weighted by Gasteiger charge is -2.06. The van der Waals surface area contributed by atoms with Crippen molar-refractivity contribution in [2.45, 2.75) is 19.1 Å². The number of benzene rings is 2. The van der Waals surface area contributed by atoms with Crippen LogP contribution in [0, 0.1) is 5.82 Å². The number of nitrogens with one attached hydrogen (secondary N) is 1. The van der Waals surface area contributed by atoms with E-state index in [-0.39, 0.29) is 17.7 Å². The van der Waals surface area contributed by atoms with Crippen LogP contribution in [0.5, 0.6) is 0 Å². The van der Waals surface area contributed by atoms with Gasteiger partial charge in [-0.2, -0.15) is 0 Å². The molecule has 0 bridgehead atoms. The number of amides is 1. The van der Waals surface area contributed by atoms with Crippen molar-refractivity contribution in [2.75, 3.05) is 5.32 Å². The third-order valence-electron chi connectivity index (χ3n) is 4.15. The van der Waals surface area contributed by atoms with Gasteiger partial charge in [-0.15, -0.1) is 5.10 Å². The van der Waals surface area contributed by atoms with Crippen molar-refractivity contribution in [3.63, 3.8) is 0 Å². The Bertz CT molecular complexity index is 1030. The van der Waals surface area contributed by atoms with Crippen molar-refractivity contribution in [3.05, 3.63) is 76.3 Å². The van der Waals surface area contributed by atoms with Crippen LogP contribution in [0.15, 0.2) is 64.5 Å². The van der Waals surface area contributed by atoms with Gasteiger partial charge in [-0.25, -0.2) is 14.1 Å². The monoisotopic (exact) mass is 443 g/mol. The van der Waals surface area contributed by atoms with Crippen molar-refractivity contribution in [3.8, 4) is 0 Å². The van der Waals surface area contributed by atoms with Crippen LogP contribution in [0.4, 0.5) is 10.3 Å². The smallest absolute Gasteiger partial charge is 0.271 e. The van der Waals surface area contributed by atoms with Gasteiger partial charge in [-0.3, -0.25) is 10.1 Å². The van der Waals surface area contributed by atoms with Crippen molar-refractivity contribution < 1.29 is 14.0 Å². The topological polar surface area (TPSA) is 81.4 Å². The normalized spacial score (nSPS) is 15.8. The van der Waals surface area contributed by atoms with E-state index in [0.29, 0.717) is 18.7 Å². The minimum Gasteiger partial charge on any atom is -0.382 e. The number of oxime groups is 1. The second kappa shape index (κ2) is 7.89. The fraction of sp³-hybridized carbons (Fsp3) is 0.158. The van der Waals surface area contributed by atoms with Gasteiger partial charge < -0.3 is 4.84 Å². The molecule has 0 saturated heterocycles. The van der Waals surface area contributed by atoms with Gasteiger partial charge in [-0.1, -0.05) is 45.4 Å². The van der Waals surface area contributed by atoms with Gasteiger partial charge in [0.25, 0.3) is 5.91 Å².